The fourth-order valence-corrected chi connectivity index (χ4v) is 5.78. The van der Waals surface area contributed by atoms with Crippen molar-refractivity contribution >= 4 is 59.7 Å². The molecule has 1 aliphatic heterocycles. The maximum Gasteiger partial charge on any atom is 0.295 e. The van der Waals surface area contributed by atoms with Gasteiger partial charge in [0.25, 0.3) is 10.1 Å². The zero-order chi connectivity index (χ0) is 24.7. The molecule has 0 saturated heterocycles. The van der Waals surface area contributed by atoms with Gasteiger partial charge in [0.2, 0.25) is 5.13 Å². The van der Waals surface area contributed by atoms with Crippen LogP contribution in [0.15, 0.2) is 98.1 Å². The fourth-order valence-electron chi connectivity index (χ4n) is 4.00. The summed E-state index contributed by atoms with van der Waals surface area (Å²) in [7, 11) is -4.48. The Kier molecular flexibility index (Phi) is 5.61. The van der Waals surface area contributed by atoms with E-state index in [1.807, 2.05) is 41.1 Å². The van der Waals surface area contributed by atoms with Crippen LogP contribution in [-0.4, -0.2) is 22.9 Å². The standard InChI is InChI=1S/C25H16N4O4S3/c30-36(31,32)22-4-2-1-3-19(22)23-17-7-5-15(28-24-26-9-11-34-24)13-20(17)33-21-14-16(6-8-18(21)23)29-25-27-10-12-35-25/h1-14H,(H,26,28)(H,30,31,32). The van der Waals surface area contributed by atoms with Gasteiger partial charge in [0.15, 0.2) is 5.13 Å². The van der Waals surface area contributed by atoms with E-state index in [4.69, 9.17) is 4.42 Å². The van der Waals surface area contributed by atoms with Gasteiger partial charge < -0.3 is 9.73 Å². The first-order valence-electron chi connectivity index (χ1n) is 10.6. The van der Waals surface area contributed by atoms with E-state index in [0.717, 1.165) is 10.8 Å². The Bertz CT molecular complexity index is 1840. The van der Waals surface area contributed by atoms with E-state index >= 15 is 0 Å². The number of nitrogens with zero attached hydrogens (tertiary/aromatic N) is 3. The highest BCUT2D eigenvalue weighted by Gasteiger charge is 2.23. The Labute approximate surface area is 213 Å². The quantitative estimate of drug-likeness (QED) is 0.196. The molecule has 2 N–H and O–H groups in total. The smallest absolute Gasteiger partial charge is 0.295 e. The number of rotatable bonds is 5. The van der Waals surface area contributed by atoms with Crippen molar-refractivity contribution in [3.8, 4) is 22.5 Å². The molecule has 2 aromatic heterocycles. The Hall–Kier alpha value is -3.90. The lowest BCUT2D eigenvalue weighted by Gasteiger charge is -2.17. The zero-order valence-corrected chi connectivity index (χ0v) is 20.8. The lowest BCUT2D eigenvalue weighted by Crippen LogP contribution is -2.04. The van der Waals surface area contributed by atoms with E-state index in [1.165, 1.54) is 28.7 Å². The zero-order valence-electron chi connectivity index (χ0n) is 18.3. The summed E-state index contributed by atoms with van der Waals surface area (Å²) in [6, 6.07) is 17.4. The highest BCUT2D eigenvalue weighted by Crippen LogP contribution is 2.42. The number of fused-ring (bicyclic) bond motifs is 2. The predicted octanol–water partition coefficient (Wildman–Crippen LogP) is 6.34. The van der Waals surface area contributed by atoms with Crippen LogP contribution in [0.2, 0.25) is 0 Å². The molecule has 0 spiro atoms. The lowest BCUT2D eigenvalue weighted by atomic mass is 9.93. The molecule has 2 aromatic carbocycles. The van der Waals surface area contributed by atoms with Crippen LogP contribution in [-0.2, 0) is 10.1 Å². The highest BCUT2D eigenvalue weighted by molar-refractivity contribution is 7.86. The molecule has 1 aliphatic carbocycles. The molecule has 178 valence electrons. The summed E-state index contributed by atoms with van der Waals surface area (Å²) in [5.41, 5.74) is 2.96. The van der Waals surface area contributed by atoms with Crippen LogP contribution in [0.4, 0.5) is 16.0 Å². The number of aromatic nitrogens is 2. The molecule has 8 nitrogen and oxygen atoms in total. The van der Waals surface area contributed by atoms with Gasteiger partial charge in [-0.2, -0.15) is 8.42 Å². The topological polar surface area (TPSA) is 118 Å². The molecule has 0 radical (unpaired) electrons. The molecular formula is C25H16N4O4S3. The van der Waals surface area contributed by atoms with Crippen LogP contribution < -0.4 is 10.7 Å². The van der Waals surface area contributed by atoms with Gasteiger partial charge in [-0.1, -0.05) is 18.2 Å². The normalized spacial score (nSPS) is 12.4. The van der Waals surface area contributed by atoms with E-state index in [0.29, 0.717) is 43.9 Å². The van der Waals surface area contributed by atoms with Crippen molar-refractivity contribution < 1.29 is 17.4 Å². The number of hydrogen-bond donors (Lipinski definition) is 2. The van der Waals surface area contributed by atoms with E-state index in [1.54, 1.807) is 36.7 Å². The van der Waals surface area contributed by atoms with Gasteiger partial charge in [-0.3, -0.25) is 4.55 Å². The second kappa shape index (κ2) is 8.95. The largest absolute Gasteiger partial charge is 0.456 e. The second-order valence-electron chi connectivity index (χ2n) is 7.73. The van der Waals surface area contributed by atoms with Crippen molar-refractivity contribution in [2.24, 2.45) is 4.99 Å². The van der Waals surface area contributed by atoms with Gasteiger partial charge in [0, 0.05) is 63.1 Å². The molecule has 0 unspecified atom stereocenters. The summed E-state index contributed by atoms with van der Waals surface area (Å²) in [5.74, 6) is 0.506. The molecular weight excluding hydrogens is 517 g/mol. The van der Waals surface area contributed by atoms with Crippen molar-refractivity contribution in [1.82, 2.24) is 9.97 Å². The van der Waals surface area contributed by atoms with E-state index in [2.05, 4.69) is 20.3 Å². The van der Waals surface area contributed by atoms with E-state index < -0.39 is 10.1 Å². The number of anilines is 2. The van der Waals surface area contributed by atoms with Gasteiger partial charge in [-0.25, -0.2) is 15.0 Å². The van der Waals surface area contributed by atoms with Gasteiger partial charge in [0.05, 0.1) is 5.36 Å². The first-order valence-corrected chi connectivity index (χ1v) is 13.8. The Morgan fingerprint density at radius 1 is 0.917 bits per heavy atom. The van der Waals surface area contributed by atoms with Gasteiger partial charge in [-0.05, 0) is 30.3 Å². The van der Waals surface area contributed by atoms with Crippen molar-refractivity contribution in [1.29, 1.82) is 0 Å². The van der Waals surface area contributed by atoms with Crippen LogP contribution in [0, 0.1) is 0 Å². The SMILES string of the molecule is O=S(=O)(O)c1ccccc1-c1c2ccc(=Nc3nccs3)cc-2oc2cc(Nc3nccs3)ccc12. The summed E-state index contributed by atoms with van der Waals surface area (Å²) in [6.07, 6.45) is 3.40. The van der Waals surface area contributed by atoms with E-state index in [9.17, 15) is 13.0 Å². The molecule has 11 heteroatoms. The van der Waals surface area contributed by atoms with Crippen LogP contribution in [0.1, 0.15) is 0 Å². The molecule has 2 aliphatic rings. The average Bonchev–Trinajstić information content (AvgIpc) is 3.56. The minimum absolute atomic E-state index is 0.180. The minimum Gasteiger partial charge on any atom is -0.456 e. The lowest BCUT2D eigenvalue weighted by molar-refractivity contribution is 0.483. The number of thiazole rings is 2. The maximum atomic E-state index is 12.3. The Balaban J connectivity index is 1.65. The van der Waals surface area contributed by atoms with Crippen molar-refractivity contribution in [2.45, 2.75) is 4.90 Å². The molecule has 6 rings (SSSR count). The number of benzene rings is 3. The van der Waals surface area contributed by atoms with Crippen molar-refractivity contribution in [3.05, 3.63) is 89.2 Å². The van der Waals surface area contributed by atoms with Gasteiger partial charge in [-0.15, -0.1) is 22.7 Å². The third-order valence-corrected chi connectivity index (χ3v) is 7.73. The van der Waals surface area contributed by atoms with Crippen molar-refractivity contribution in [2.75, 3.05) is 5.32 Å². The molecule has 36 heavy (non-hydrogen) atoms. The predicted molar refractivity (Wildman–Crippen MR) is 141 cm³/mol. The van der Waals surface area contributed by atoms with Gasteiger partial charge in [0.1, 0.15) is 16.2 Å². The van der Waals surface area contributed by atoms with Crippen LogP contribution in [0.3, 0.4) is 0 Å². The summed E-state index contributed by atoms with van der Waals surface area (Å²) in [4.78, 5) is 12.8. The van der Waals surface area contributed by atoms with Crippen LogP contribution >= 0.6 is 22.7 Å². The Morgan fingerprint density at radius 2 is 1.75 bits per heavy atom. The molecule has 4 aromatic rings. The molecule has 0 bridgehead atoms. The van der Waals surface area contributed by atoms with Crippen LogP contribution in [0.25, 0.3) is 33.4 Å². The number of hydrogen-bond acceptors (Lipinski definition) is 9. The minimum atomic E-state index is -4.48. The molecule has 3 heterocycles. The summed E-state index contributed by atoms with van der Waals surface area (Å²) in [5, 5.41) is 9.65. The van der Waals surface area contributed by atoms with Crippen molar-refractivity contribution in [3.63, 3.8) is 0 Å². The first-order chi connectivity index (χ1) is 17.5. The average molecular weight is 533 g/mol. The fraction of sp³-hybridized carbons (Fsp3) is 0. The summed E-state index contributed by atoms with van der Waals surface area (Å²) in [6.45, 7) is 0. The monoisotopic (exact) mass is 532 g/mol. The maximum absolute atomic E-state index is 12.3. The number of nitrogens with one attached hydrogen (secondary N) is 1. The third-order valence-electron chi connectivity index (χ3n) is 5.47. The molecule has 0 fully saturated rings. The summed E-state index contributed by atoms with van der Waals surface area (Å²) >= 11 is 2.89. The van der Waals surface area contributed by atoms with E-state index in [-0.39, 0.29) is 4.90 Å². The third kappa shape index (κ3) is 4.29. The second-order valence-corrected chi connectivity index (χ2v) is 10.9. The molecule has 0 amide bonds. The highest BCUT2D eigenvalue weighted by atomic mass is 32.2. The summed E-state index contributed by atoms with van der Waals surface area (Å²) < 4.78 is 40.8. The Morgan fingerprint density at radius 3 is 2.53 bits per heavy atom. The first kappa shape index (κ1) is 22.6. The van der Waals surface area contributed by atoms with Crippen LogP contribution in [0.5, 0.6) is 0 Å². The van der Waals surface area contributed by atoms with Gasteiger partial charge >= 0.3 is 0 Å². The molecule has 0 saturated carbocycles. The molecule has 0 atom stereocenters.